The Kier molecular flexibility index (Phi) is 1.32. The predicted octanol–water partition coefficient (Wildman–Crippen LogP) is 1.94. The van der Waals surface area contributed by atoms with Gasteiger partial charge >= 0.3 is 0 Å². The molecule has 0 spiro atoms. The first-order valence-corrected chi connectivity index (χ1v) is 3.54. The van der Waals surface area contributed by atoms with Crippen molar-refractivity contribution in [2.45, 2.75) is 6.92 Å². The van der Waals surface area contributed by atoms with Gasteiger partial charge in [0, 0.05) is 23.5 Å². The number of nitrogens with zero attached hydrogens (tertiary/aromatic N) is 2. The second-order valence-corrected chi connectivity index (χ2v) is 2.47. The zero-order valence-corrected chi connectivity index (χ0v) is 6.28. The lowest BCUT2D eigenvalue weighted by molar-refractivity contribution is 1.22. The van der Waals surface area contributed by atoms with E-state index in [-0.39, 0.29) is 0 Å². The van der Waals surface area contributed by atoms with Gasteiger partial charge < -0.3 is 0 Å². The van der Waals surface area contributed by atoms with Crippen LogP contribution >= 0.6 is 0 Å². The van der Waals surface area contributed by atoms with Gasteiger partial charge in [-0.1, -0.05) is 0 Å². The molecule has 0 unspecified atom stereocenters. The third-order valence-electron chi connectivity index (χ3n) is 1.73. The summed E-state index contributed by atoms with van der Waals surface area (Å²) < 4.78 is 0. The van der Waals surface area contributed by atoms with Crippen molar-refractivity contribution < 1.29 is 0 Å². The van der Waals surface area contributed by atoms with Crippen molar-refractivity contribution in [2.24, 2.45) is 0 Å². The Hall–Kier alpha value is -1.44. The molecule has 0 aliphatic carbocycles. The number of aromatic nitrogens is 2. The van der Waals surface area contributed by atoms with E-state index in [2.05, 4.69) is 9.97 Å². The summed E-state index contributed by atoms with van der Waals surface area (Å²) in [5.74, 6) is 0. The Morgan fingerprint density at radius 1 is 1.09 bits per heavy atom. The monoisotopic (exact) mass is 144 g/mol. The standard InChI is InChI=1S/C9H8N2/c1-7-8-3-2-5-11-9(8)4-6-10-7/h2-6H,1H3. The molecule has 0 bridgehead atoms. The predicted molar refractivity (Wildman–Crippen MR) is 44.3 cm³/mol. The SMILES string of the molecule is Cc1nccc2ncccc12. The van der Waals surface area contributed by atoms with Crippen molar-refractivity contribution in [1.82, 2.24) is 9.97 Å². The normalized spacial score (nSPS) is 10.3. The zero-order chi connectivity index (χ0) is 7.68. The minimum atomic E-state index is 1.01. The molecule has 54 valence electrons. The Bertz CT molecular complexity index is 377. The summed E-state index contributed by atoms with van der Waals surface area (Å²) in [6.07, 6.45) is 3.58. The smallest absolute Gasteiger partial charge is 0.0735 e. The van der Waals surface area contributed by atoms with Gasteiger partial charge in [0.2, 0.25) is 0 Å². The molecular weight excluding hydrogens is 136 g/mol. The molecule has 0 saturated heterocycles. The molecule has 0 atom stereocenters. The summed E-state index contributed by atoms with van der Waals surface area (Å²) >= 11 is 0. The topological polar surface area (TPSA) is 25.8 Å². The number of pyridine rings is 2. The fraction of sp³-hybridized carbons (Fsp3) is 0.111. The Balaban J connectivity index is 2.91. The van der Waals surface area contributed by atoms with E-state index in [0.29, 0.717) is 0 Å². The summed E-state index contributed by atoms with van der Waals surface area (Å²) in [6.45, 7) is 1.99. The minimum absolute atomic E-state index is 1.01. The van der Waals surface area contributed by atoms with Gasteiger partial charge in [-0.2, -0.15) is 0 Å². The third-order valence-corrected chi connectivity index (χ3v) is 1.73. The van der Waals surface area contributed by atoms with Crippen molar-refractivity contribution in [1.29, 1.82) is 0 Å². The van der Waals surface area contributed by atoms with Crippen molar-refractivity contribution in [3.8, 4) is 0 Å². The summed E-state index contributed by atoms with van der Waals surface area (Å²) in [5.41, 5.74) is 2.05. The Labute approximate surface area is 64.9 Å². The van der Waals surface area contributed by atoms with Crippen LogP contribution in [0.3, 0.4) is 0 Å². The quantitative estimate of drug-likeness (QED) is 0.564. The van der Waals surface area contributed by atoms with Gasteiger partial charge in [-0.05, 0) is 25.1 Å². The second-order valence-electron chi connectivity index (χ2n) is 2.47. The van der Waals surface area contributed by atoms with Gasteiger partial charge in [-0.25, -0.2) is 0 Å². The highest BCUT2D eigenvalue weighted by Crippen LogP contribution is 2.11. The molecule has 2 aromatic rings. The van der Waals surface area contributed by atoms with Crippen LogP contribution in [0.5, 0.6) is 0 Å². The minimum Gasteiger partial charge on any atom is -0.261 e. The molecule has 0 N–H and O–H groups in total. The maximum absolute atomic E-state index is 4.20. The average molecular weight is 144 g/mol. The number of fused-ring (bicyclic) bond motifs is 1. The molecule has 2 rings (SSSR count). The van der Waals surface area contributed by atoms with Gasteiger partial charge in [-0.15, -0.1) is 0 Å². The van der Waals surface area contributed by atoms with E-state index in [4.69, 9.17) is 0 Å². The first kappa shape index (κ1) is 6.28. The molecule has 0 radical (unpaired) electrons. The van der Waals surface area contributed by atoms with Crippen LogP contribution in [-0.2, 0) is 0 Å². The van der Waals surface area contributed by atoms with Crippen LogP contribution in [-0.4, -0.2) is 9.97 Å². The maximum atomic E-state index is 4.20. The van der Waals surface area contributed by atoms with E-state index < -0.39 is 0 Å². The molecule has 0 aromatic carbocycles. The van der Waals surface area contributed by atoms with Crippen molar-refractivity contribution >= 4 is 10.9 Å². The molecule has 0 fully saturated rings. The van der Waals surface area contributed by atoms with E-state index in [1.165, 1.54) is 0 Å². The number of hydrogen-bond donors (Lipinski definition) is 0. The molecule has 2 aromatic heterocycles. The van der Waals surface area contributed by atoms with Crippen molar-refractivity contribution in [2.75, 3.05) is 0 Å². The van der Waals surface area contributed by atoms with Gasteiger partial charge in [0.25, 0.3) is 0 Å². The van der Waals surface area contributed by atoms with Crippen LogP contribution in [0.2, 0.25) is 0 Å². The first-order valence-electron chi connectivity index (χ1n) is 3.54. The summed E-state index contributed by atoms with van der Waals surface area (Å²) in [6, 6.07) is 5.88. The molecular formula is C9H8N2. The molecule has 0 amide bonds. The van der Waals surface area contributed by atoms with Crippen molar-refractivity contribution in [3.05, 3.63) is 36.3 Å². The Morgan fingerprint density at radius 3 is 2.82 bits per heavy atom. The lowest BCUT2D eigenvalue weighted by Gasteiger charge is -1.97. The third kappa shape index (κ3) is 0.963. The first-order chi connectivity index (χ1) is 5.38. The van der Waals surface area contributed by atoms with Crippen LogP contribution in [0, 0.1) is 6.92 Å². The highest BCUT2D eigenvalue weighted by Gasteiger charge is 1.94. The number of rotatable bonds is 0. The van der Waals surface area contributed by atoms with Crippen LogP contribution in [0.25, 0.3) is 10.9 Å². The summed E-state index contributed by atoms with van der Waals surface area (Å²) in [4.78, 5) is 8.37. The largest absolute Gasteiger partial charge is 0.261 e. The molecule has 0 aliphatic heterocycles. The van der Waals surface area contributed by atoms with E-state index in [0.717, 1.165) is 16.6 Å². The molecule has 0 saturated carbocycles. The Morgan fingerprint density at radius 2 is 2.00 bits per heavy atom. The fourth-order valence-corrected chi connectivity index (χ4v) is 1.15. The van der Waals surface area contributed by atoms with Crippen LogP contribution in [0.4, 0.5) is 0 Å². The molecule has 11 heavy (non-hydrogen) atoms. The lowest BCUT2D eigenvalue weighted by Crippen LogP contribution is -1.83. The van der Waals surface area contributed by atoms with Gasteiger partial charge in [0.1, 0.15) is 0 Å². The van der Waals surface area contributed by atoms with E-state index in [1.54, 1.807) is 12.4 Å². The highest BCUT2D eigenvalue weighted by molar-refractivity contribution is 5.79. The zero-order valence-electron chi connectivity index (χ0n) is 6.28. The number of aryl methyl sites for hydroxylation is 1. The van der Waals surface area contributed by atoms with Crippen molar-refractivity contribution in [3.63, 3.8) is 0 Å². The van der Waals surface area contributed by atoms with Gasteiger partial charge in [0.15, 0.2) is 0 Å². The van der Waals surface area contributed by atoms with Crippen LogP contribution < -0.4 is 0 Å². The maximum Gasteiger partial charge on any atom is 0.0735 e. The van der Waals surface area contributed by atoms with Gasteiger partial charge in [-0.3, -0.25) is 9.97 Å². The molecule has 2 heterocycles. The lowest BCUT2D eigenvalue weighted by atomic mass is 10.2. The highest BCUT2D eigenvalue weighted by atomic mass is 14.7. The second kappa shape index (κ2) is 2.31. The van der Waals surface area contributed by atoms with E-state index in [9.17, 15) is 0 Å². The fourth-order valence-electron chi connectivity index (χ4n) is 1.15. The summed E-state index contributed by atoms with van der Waals surface area (Å²) in [7, 11) is 0. The van der Waals surface area contributed by atoms with Crippen LogP contribution in [0.15, 0.2) is 30.6 Å². The number of hydrogen-bond acceptors (Lipinski definition) is 2. The summed E-state index contributed by atoms with van der Waals surface area (Å²) in [5, 5.41) is 1.13. The van der Waals surface area contributed by atoms with Gasteiger partial charge in [0.05, 0.1) is 5.52 Å². The van der Waals surface area contributed by atoms with E-state index in [1.807, 2.05) is 25.1 Å². The van der Waals surface area contributed by atoms with Crippen LogP contribution in [0.1, 0.15) is 5.69 Å². The molecule has 2 nitrogen and oxygen atoms in total. The average Bonchev–Trinajstić information content (AvgIpc) is 2.06. The molecule has 2 heteroatoms. The molecule has 0 aliphatic rings. The van der Waals surface area contributed by atoms with E-state index >= 15 is 0 Å².